The lowest BCUT2D eigenvalue weighted by Crippen LogP contribution is -2.51. The molecule has 2 aromatic heterocycles. The quantitative estimate of drug-likeness (QED) is 0.864. The van der Waals surface area contributed by atoms with E-state index >= 15 is 0 Å². The first-order valence-corrected chi connectivity index (χ1v) is 9.33. The largest absolute Gasteiger partial charge is 0.459 e. The van der Waals surface area contributed by atoms with Gasteiger partial charge in [0, 0.05) is 37.9 Å². The van der Waals surface area contributed by atoms with Crippen molar-refractivity contribution < 1.29 is 18.8 Å². The number of hydrogen-bond acceptors (Lipinski definition) is 4. The topological polar surface area (TPSA) is 87.8 Å². The molecule has 0 aliphatic carbocycles. The van der Waals surface area contributed by atoms with Crippen LogP contribution in [0.2, 0.25) is 0 Å². The first kappa shape index (κ1) is 19.7. The summed E-state index contributed by atoms with van der Waals surface area (Å²) in [6.45, 7) is 7.58. The summed E-state index contributed by atoms with van der Waals surface area (Å²) in [6, 6.07) is 6.79. The van der Waals surface area contributed by atoms with Crippen LogP contribution < -0.4 is 5.32 Å². The second kappa shape index (κ2) is 7.92. The van der Waals surface area contributed by atoms with Gasteiger partial charge in [0.2, 0.25) is 5.91 Å². The number of nitrogens with zero attached hydrogens (tertiary/aromatic N) is 3. The van der Waals surface area contributed by atoms with E-state index in [1.165, 1.54) is 6.26 Å². The minimum Gasteiger partial charge on any atom is -0.459 e. The maximum Gasteiger partial charge on any atom is 0.289 e. The molecule has 0 unspecified atom stereocenters. The van der Waals surface area contributed by atoms with E-state index in [4.69, 9.17) is 4.42 Å². The SMILES string of the molecule is CC(C)(C)NC(=O)Cn1cccc1C(=O)N1CCN(C(=O)c2ccco2)CC1. The molecule has 0 bridgehead atoms. The predicted molar refractivity (Wildman–Crippen MR) is 103 cm³/mol. The molecule has 0 radical (unpaired) electrons. The van der Waals surface area contributed by atoms with Gasteiger partial charge in [0.15, 0.2) is 5.76 Å². The van der Waals surface area contributed by atoms with Crippen molar-refractivity contribution in [2.24, 2.45) is 0 Å². The van der Waals surface area contributed by atoms with Crippen LogP contribution in [0.5, 0.6) is 0 Å². The fourth-order valence-corrected chi connectivity index (χ4v) is 3.19. The number of piperazine rings is 1. The molecule has 2 aromatic rings. The van der Waals surface area contributed by atoms with Gasteiger partial charge in [-0.1, -0.05) is 0 Å². The molecule has 150 valence electrons. The number of carbonyl (C=O) groups excluding carboxylic acids is 3. The lowest BCUT2D eigenvalue weighted by molar-refractivity contribution is -0.123. The normalized spacial score (nSPS) is 14.8. The minimum absolute atomic E-state index is 0.0856. The van der Waals surface area contributed by atoms with Gasteiger partial charge in [0.1, 0.15) is 12.2 Å². The van der Waals surface area contributed by atoms with Crippen LogP contribution in [0.4, 0.5) is 0 Å². The second-order valence-corrected chi connectivity index (χ2v) is 7.88. The first-order chi connectivity index (χ1) is 13.2. The zero-order valence-corrected chi connectivity index (χ0v) is 16.5. The zero-order chi connectivity index (χ0) is 20.3. The molecule has 0 saturated carbocycles. The zero-order valence-electron chi connectivity index (χ0n) is 16.5. The van der Waals surface area contributed by atoms with Crippen LogP contribution in [0.25, 0.3) is 0 Å². The molecule has 0 aromatic carbocycles. The van der Waals surface area contributed by atoms with Crippen LogP contribution in [-0.4, -0.2) is 63.8 Å². The van der Waals surface area contributed by atoms with Crippen LogP contribution in [0.3, 0.4) is 0 Å². The van der Waals surface area contributed by atoms with Gasteiger partial charge >= 0.3 is 0 Å². The highest BCUT2D eigenvalue weighted by molar-refractivity contribution is 5.94. The van der Waals surface area contributed by atoms with E-state index < -0.39 is 0 Å². The number of aromatic nitrogens is 1. The fraction of sp³-hybridized carbons (Fsp3) is 0.450. The Morgan fingerprint density at radius 1 is 1.00 bits per heavy atom. The summed E-state index contributed by atoms with van der Waals surface area (Å²) in [5.41, 5.74) is 0.139. The Morgan fingerprint density at radius 3 is 2.21 bits per heavy atom. The highest BCUT2D eigenvalue weighted by atomic mass is 16.3. The van der Waals surface area contributed by atoms with Crippen LogP contribution in [0, 0.1) is 0 Å². The summed E-state index contributed by atoms with van der Waals surface area (Å²) in [5.74, 6) is -0.150. The van der Waals surface area contributed by atoms with Gasteiger partial charge in [-0.05, 0) is 45.0 Å². The molecule has 1 aliphatic heterocycles. The molecule has 0 spiro atoms. The van der Waals surface area contributed by atoms with Gasteiger partial charge in [0.25, 0.3) is 11.8 Å². The van der Waals surface area contributed by atoms with Crippen LogP contribution >= 0.6 is 0 Å². The van der Waals surface area contributed by atoms with E-state index in [9.17, 15) is 14.4 Å². The standard InChI is InChI=1S/C20H26N4O4/c1-20(2,3)21-17(25)14-24-8-4-6-15(24)18(26)22-9-11-23(12-10-22)19(27)16-7-5-13-28-16/h4-8,13H,9-12,14H2,1-3H3,(H,21,25). The Morgan fingerprint density at radius 2 is 1.64 bits per heavy atom. The molecule has 1 fully saturated rings. The first-order valence-electron chi connectivity index (χ1n) is 9.33. The van der Waals surface area contributed by atoms with Gasteiger partial charge < -0.3 is 24.1 Å². The summed E-state index contributed by atoms with van der Waals surface area (Å²) < 4.78 is 6.81. The Balaban J connectivity index is 1.59. The third-order valence-corrected chi connectivity index (χ3v) is 4.46. The fourth-order valence-electron chi connectivity index (χ4n) is 3.19. The van der Waals surface area contributed by atoms with Crippen molar-refractivity contribution in [1.82, 2.24) is 19.7 Å². The number of nitrogens with one attached hydrogen (secondary N) is 1. The summed E-state index contributed by atoms with van der Waals surface area (Å²) in [6.07, 6.45) is 3.20. The number of rotatable bonds is 4. The molecule has 3 rings (SSSR count). The Labute approximate surface area is 164 Å². The molecule has 8 nitrogen and oxygen atoms in total. The maximum absolute atomic E-state index is 12.9. The van der Waals surface area contributed by atoms with E-state index in [2.05, 4.69) is 5.32 Å². The van der Waals surface area contributed by atoms with Crippen LogP contribution in [0.1, 0.15) is 41.8 Å². The second-order valence-electron chi connectivity index (χ2n) is 7.88. The third-order valence-electron chi connectivity index (χ3n) is 4.46. The van der Waals surface area contributed by atoms with Crippen molar-refractivity contribution in [3.63, 3.8) is 0 Å². The smallest absolute Gasteiger partial charge is 0.289 e. The average molecular weight is 386 g/mol. The molecular weight excluding hydrogens is 360 g/mol. The van der Waals surface area contributed by atoms with Crippen LogP contribution in [0.15, 0.2) is 41.1 Å². The highest BCUT2D eigenvalue weighted by Gasteiger charge is 2.28. The summed E-state index contributed by atoms with van der Waals surface area (Å²) in [5, 5.41) is 2.90. The van der Waals surface area contributed by atoms with Gasteiger partial charge in [-0.2, -0.15) is 0 Å². The number of furan rings is 1. The Kier molecular flexibility index (Phi) is 5.58. The molecule has 1 saturated heterocycles. The van der Waals surface area contributed by atoms with Gasteiger partial charge in [-0.3, -0.25) is 14.4 Å². The van der Waals surface area contributed by atoms with Gasteiger partial charge in [-0.25, -0.2) is 0 Å². The van der Waals surface area contributed by atoms with Crippen molar-refractivity contribution in [2.45, 2.75) is 32.9 Å². The van der Waals surface area contributed by atoms with Gasteiger partial charge in [0.05, 0.1) is 6.26 Å². The molecule has 0 atom stereocenters. The van der Waals surface area contributed by atoms with Gasteiger partial charge in [-0.15, -0.1) is 0 Å². The lowest BCUT2D eigenvalue weighted by atomic mass is 10.1. The van der Waals surface area contributed by atoms with Crippen molar-refractivity contribution in [3.8, 4) is 0 Å². The van der Waals surface area contributed by atoms with E-state index in [1.54, 1.807) is 44.8 Å². The van der Waals surface area contributed by atoms with Crippen molar-refractivity contribution >= 4 is 17.7 Å². The Hall–Kier alpha value is -3.03. The van der Waals surface area contributed by atoms with Crippen LogP contribution in [-0.2, 0) is 11.3 Å². The van der Waals surface area contributed by atoms with Crippen molar-refractivity contribution in [2.75, 3.05) is 26.2 Å². The molecule has 1 N–H and O–H groups in total. The number of amides is 3. The lowest BCUT2D eigenvalue weighted by Gasteiger charge is -2.34. The molecule has 28 heavy (non-hydrogen) atoms. The average Bonchev–Trinajstić information content (AvgIpc) is 3.31. The van der Waals surface area contributed by atoms with Crippen molar-refractivity contribution in [1.29, 1.82) is 0 Å². The van der Waals surface area contributed by atoms with E-state index in [1.807, 2.05) is 20.8 Å². The van der Waals surface area contributed by atoms with E-state index in [0.29, 0.717) is 37.6 Å². The summed E-state index contributed by atoms with van der Waals surface area (Å²) in [7, 11) is 0. The number of hydrogen-bond donors (Lipinski definition) is 1. The summed E-state index contributed by atoms with van der Waals surface area (Å²) >= 11 is 0. The third kappa shape index (κ3) is 4.62. The maximum atomic E-state index is 12.9. The Bertz CT molecular complexity index is 840. The summed E-state index contributed by atoms with van der Waals surface area (Å²) in [4.78, 5) is 40.8. The minimum atomic E-state index is -0.328. The molecule has 3 heterocycles. The number of carbonyl (C=O) groups is 3. The molecular formula is C20H26N4O4. The molecule has 1 aliphatic rings. The highest BCUT2D eigenvalue weighted by Crippen LogP contribution is 2.13. The molecule has 3 amide bonds. The predicted octanol–water partition coefficient (Wildman–Crippen LogP) is 1.59. The van der Waals surface area contributed by atoms with E-state index in [0.717, 1.165) is 0 Å². The molecule has 8 heteroatoms. The van der Waals surface area contributed by atoms with Crippen molar-refractivity contribution in [3.05, 3.63) is 48.2 Å². The van der Waals surface area contributed by atoms with E-state index in [-0.39, 0.29) is 29.8 Å². The monoisotopic (exact) mass is 386 g/mol.